The van der Waals surface area contributed by atoms with Crippen molar-refractivity contribution < 1.29 is 19.0 Å². The van der Waals surface area contributed by atoms with Crippen molar-refractivity contribution in [2.75, 3.05) is 41.0 Å². The molecule has 4 rings (SSSR count). The Balaban J connectivity index is 1.25. The van der Waals surface area contributed by atoms with Gasteiger partial charge in [0.15, 0.2) is 11.5 Å². The average molecular weight is 439 g/mol. The fourth-order valence-corrected chi connectivity index (χ4v) is 5.10. The minimum atomic E-state index is 0.161. The highest BCUT2D eigenvalue weighted by Crippen LogP contribution is 2.59. The number of likely N-dealkylation sites (tertiary alicyclic amines) is 1. The van der Waals surface area contributed by atoms with Crippen LogP contribution in [0.4, 0.5) is 0 Å². The Morgan fingerprint density at radius 2 is 1.66 bits per heavy atom. The minimum absolute atomic E-state index is 0.161. The number of piperidine rings is 1. The number of benzene rings is 2. The summed E-state index contributed by atoms with van der Waals surface area (Å²) in [7, 11) is 5.04. The van der Waals surface area contributed by atoms with E-state index in [2.05, 4.69) is 22.3 Å². The van der Waals surface area contributed by atoms with Crippen molar-refractivity contribution in [2.45, 2.75) is 32.2 Å². The summed E-state index contributed by atoms with van der Waals surface area (Å²) in [6, 6.07) is 14.0. The van der Waals surface area contributed by atoms with Crippen molar-refractivity contribution >= 4 is 5.91 Å². The lowest BCUT2D eigenvalue weighted by molar-refractivity contribution is -0.123. The van der Waals surface area contributed by atoms with Gasteiger partial charge >= 0.3 is 0 Å². The lowest BCUT2D eigenvalue weighted by Crippen LogP contribution is -2.37. The van der Waals surface area contributed by atoms with E-state index in [-0.39, 0.29) is 17.2 Å². The van der Waals surface area contributed by atoms with Crippen molar-refractivity contribution in [1.82, 2.24) is 10.2 Å². The zero-order chi connectivity index (χ0) is 22.6. The van der Waals surface area contributed by atoms with E-state index in [4.69, 9.17) is 14.2 Å². The van der Waals surface area contributed by atoms with Gasteiger partial charge in [-0.25, -0.2) is 0 Å². The Hall–Kier alpha value is -2.73. The van der Waals surface area contributed by atoms with Gasteiger partial charge in [0.2, 0.25) is 5.91 Å². The monoisotopic (exact) mass is 438 g/mol. The summed E-state index contributed by atoms with van der Waals surface area (Å²) in [4.78, 5) is 15.2. The maximum atomic E-state index is 12.8. The van der Waals surface area contributed by atoms with E-state index < -0.39 is 0 Å². The third-order valence-corrected chi connectivity index (χ3v) is 7.12. The highest BCUT2D eigenvalue weighted by atomic mass is 16.5. The van der Waals surface area contributed by atoms with Gasteiger partial charge in [-0.3, -0.25) is 9.69 Å². The van der Waals surface area contributed by atoms with Crippen molar-refractivity contribution in [3.63, 3.8) is 0 Å². The van der Waals surface area contributed by atoms with Crippen LogP contribution in [0.5, 0.6) is 17.2 Å². The van der Waals surface area contributed by atoms with Crippen molar-refractivity contribution in [2.24, 2.45) is 11.3 Å². The van der Waals surface area contributed by atoms with Crippen LogP contribution in [0.2, 0.25) is 0 Å². The molecule has 1 aliphatic carbocycles. The lowest BCUT2D eigenvalue weighted by atomic mass is 9.90. The maximum Gasteiger partial charge on any atom is 0.223 e. The lowest BCUT2D eigenvalue weighted by Gasteiger charge is -2.33. The first-order valence-electron chi connectivity index (χ1n) is 11.4. The molecule has 6 heteroatoms. The summed E-state index contributed by atoms with van der Waals surface area (Å²) < 4.78 is 16.4. The van der Waals surface area contributed by atoms with Crippen LogP contribution in [0.25, 0.3) is 0 Å². The molecule has 1 atom stereocenters. The van der Waals surface area contributed by atoms with Gasteiger partial charge in [0.1, 0.15) is 5.75 Å². The van der Waals surface area contributed by atoms with E-state index in [1.54, 1.807) is 21.3 Å². The Kier molecular flexibility index (Phi) is 6.89. The summed E-state index contributed by atoms with van der Waals surface area (Å²) in [6.07, 6.45) is 3.95. The zero-order valence-electron chi connectivity index (χ0n) is 19.4. The van der Waals surface area contributed by atoms with E-state index in [0.717, 1.165) is 73.7 Å². The highest BCUT2D eigenvalue weighted by Gasteiger charge is 2.58. The van der Waals surface area contributed by atoms with Crippen molar-refractivity contribution in [3.8, 4) is 17.2 Å². The number of rotatable bonds is 9. The van der Waals surface area contributed by atoms with Crippen LogP contribution in [-0.4, -0.2) is 51.8 Å². The van der Waals surface area contributed by atoms with Crippen LogP contribution >= 0.6 is 0 Å². The molecule has 2 aromatic carbocycles. The highest BCUT2D eigenvalue weighted by molar-refractivity contribution is 5.82. The molecule has 1 N–H and O–H groups in total. The number of nitrogens with one attached hydrogen (secondary N) is 1. The van der Waals surface area contributed by atoms with Gasteiger partial charge in [-0.15, -0.1) is 0 Å². The Morgan fingerprint density at radius 1 is 0.969 bits per heavy atom. The topological polar surface area (TPSA) is 60.0 Å². The molecule has 1 aliphatic heterocycles. The number of hydrogen-bond acceptors (Lipinski definition) is 5. The first-order chi connectivity index (χ1) is 15.6. The van der Waals surface area contributed by atoms with E-state index in [1.807, 2.05) is 30.3 Å². The number of para-hydroxylation sites is 2. The molecule has 1 amide bonds. The number of nitrogens with zero attached hydrogens (tertiary/aromatic N) is 1. The van der Waals surface area contributed by atoms with E-state index in [0.29, 0.717) is 6.54 Å². The normalized spacial score (nSPS) is 19.4. The number of ether oxygens (including phenoxy) is 3. The van der Waals surface area contributed by atoms with Crippen molar-refractivity contribution in [1.29, 1.82) is 0 Å². The summed E-state index contributed by atoms with van der Waals surface area (Å²) in [5.74, 6) is 2.83. The standard InChI is InChI=1S/C26H34N2O4/c1-30-22-9-5-4-7-19(22)11-14-27-25(29)21-17-26(21)12-15-28(16-13-26)18-20-8-6-10-23(31-2)24(20)32-3/h4-10,21H,11-18H2,1-3H3,(H,27,29). The molecule has 2 fully saturated rings. The molecular formula is C26H34N2O4. The molecular weight excluding hydrogens is 404 g/mol. The average Bonchev–Trinajstić information content (AvgIpc) is 3.54. The minimum Gasteiger partial charge on any atom is -0.496 e. The van der Waals surface area contributed by atoms with Crippen LogP contribution in [0, 0.1) is 11.3 Å². The number of carbonyl (C=O) groups is 1. The van der Waals surface area contributed by atoms with E-state index in [9.17, 15) is 4.79 Å². The Bertz CT molecular complexity index is 937. The summed E-state index contributed by atoms with van der Waals surface area (Å²) in [5, 5.41) is 3.16. The molecule has 1 unspecified atom stereocenters. The van der Waals surface area contributed by atoms with Crippen LogP contribution in [0.1, 0.15) is 30.4 Å². The predicted molar refractivity (Wildman–Crippen MR) is 124 cm³/mol. The maximum absolute atomic E-state index is 12.8. The van der Waals surface area contributed by atoms with E-state index in [1.165, 1.54) is 0 Å². The second-order valence-corrected chi connectivity index (χ2v) is 8.90. The molecule has 32 heavy (non-hydrogen) atoms. The number of hydrogen-bond donors (Lipinski definition) is 1. The van der Waals surface area contributed by atoms with Gasteiger partial charge in [-0.05, 0) is 61.9 Å². The third kappa shape index (κ3) is 4.70. The van der Waals surface area contributed by atoms with Gasteiger partial charge < -0.3 is 19.5 Å². The quantitative estimate of drug-likeness (QED) is 0.647. The molecule has 0 bridgehead atoms. The summed E-state index contributed by atoms with van der Waals surface area (Å²) in [5.41, 5.74) is 2.47. The summed E-state index contributed by atoms with van der Waals surface area (Å²) in [6.45, 7) is 3.50. The Morgan fingerprint density at radius 3 is 2.38 bits per heavy atom. The van der Waals surface area contributed by atoms with Crippen molar-refractivity contribution in [3.05, 3.63) is 53.6 Å². The first-order valence-corrected chi connectivity index (χ1v) is 11.4. The second kappa shape index (κ2) is 9.82. The molecule has 0 radical (unpaired) electrons. The molecule has 1 saturated carbocycles. The van der Waals surface area contributed by atoms with Gasteiger partial charge in [-0.2, -0.15) is 0 Å². The molecule has 6 nitrogen and oxygen atoms in total. The Labute approximate surface area is 190 Å². The van der Waals surface area contributed by atoms with Crippen LogP contribution < -0.4 is 19.5 Å². The first kappa shape index (κ1) is 22.5. The SMILES string of the molecule is COc1ccccc1CCNC(=O)C1CC12CCN(Cc1cccc(OC)c1OC)CC2. The smallest absolute Gasteiger partial charge is 0.223 e. The second-order valence-electron chi connectivity index (χ2n) is 8.90. The molecule has 2 aromatic rings. The zero-order valence-corrected chi connectivity index (χ0v) is 19.4. The van der Waals surface area contributed by atoms with Gasteiger partial charge in [0.05, 0.1) is 21.3 Å². The van der Waals surface area contributed by atoms with Crippen LogP contribution in [0.15, 0.2) is 42.5 Å². The largest absolute Gasteiger partial charge is 0.496 e. The van der Waals surface area contributed by atoms with Gasteiger partial charge in [-0.1, -0.05) is 30.3 Å². The molecule has 2 aliphatic rings. The summed E-state index contributed by atoms with van der Waals surface area (Å²) >= 11 is 0. The number of carbonyl (C=O) groups excluding carboxylic acids is 1. The van der Waals surface area contributed by atoms with Gasteiger partial charge in [0.25, 0.3) is 0 Å². The van der Waals surface area contributed by atoms with Crippen LogP contribution in [0.3, 0.4) is 0 Å². The molecule has 1 spiro atoms. The third-order valence-electron chi connectivity index (χ3n) is 7.12. The molecule has 172 valence electrons. The number of methoxy groups -OCH3 is 3. The van der Waals surface area contributed by atoms with Crippen LogP contribution in [-0.2, 0) is 17.8 Å². The molecule has 1 saturated heterocycles. The fraction of sp³-hybridized carbons (Fsp3) is 0.500. The number of amides is 1. The fourth-order valence-electron chi connectivity index (χ4n) is 5.10. The molecule has 1 heterocycles. The van der Waals surface area contributed by atoms with Gasteiger partial charge in [0, 0.05) is 24.6 Å². The molecule has 0 aromatic heterocycles. The predicted octanol–water partition coefficient (Wildman–Crippen LogP) is 3.67. The van der Waals surface area contributed by atoms with E-state index >= 15 is 0 Å².